The van der Waals surface area contributed by atoms with Gasteiger partial charge in [-0.15, -0.1) is 0 Å². The SMILES string of the molecule is Cc1cc(S(=O)(=O)NCC(C)C)ccc1OCC(=O)N[C@@H](C)CCc1ccccc1. The molecule has 0 fully saturated rings. The van der Waals surface area contributed by atoms with Gasteiger partial charge in [-0.25, -0.2) is 13.1 Å². The average Bonchev–Trinajstić information content (AvgIpc) is 2.70. The van der Waals surface area contributed by atoms with Crippen molar-refractivity contribution in [2.45, 2.75) is 51.5 Å². The van der Waals surface area contributed by atoms with Gasteiger partial charge in [0, 0.05) is 12.6 Å². The molecule has 2 aromatic rings. The number of hydrogen-bond donors (Lipinski definition) is 2. The highest BCUT2D eigenvalue weighted by Crippen LogP contribution is 2.22. The Labute approximate surface area is 180 Å². The van der Waals surface area contributed by atoms with E-state index in [9.17, 15) is 13.2 Å². The molecule has 7 heteroatoms. The lowest BCUT2D eigenvalue weighted by Gasteiger charge is -2.15. The van der Waals surface area contributed by atoms with Crippen LogP contribution < -0.4 is 14.8 Å². The molecule has 30 heavy (non-hydrogen) atoms. The first-order valence-corrected chi connectivity index (χ1v) is 11.7. The number of nitrogens with one attached hydrogen (secondary N) is 2. The van der Waals surface area contributed by atoms with Gasteiger partial charge in [0.25, 0.3) is 5.91 Å². The molecule has 0 unspecified atom stereocenters. The molecule has 2 aromatic carbocycles. The minimum atomic E-state index is -3.56. The normalized spacial score (nSPS) is 12.6. The number of rotatable bonds is 11. The van der Waals surface area contributed by atoms with Gasteiger partial charge < -0.3 is 10.1 Å². The number of carbonyl (C=O) groups is 1. The molecule has 0 aliphatic carbocycles. The van der Waals surface area contributed by atoms with Gasteiger partial charge >= 0.3 is 0 Å². The highest BCUT2D eigenvalue weighted by molar-refractivity contribution is 7.89. The Kier molecular flexibility index (Phi) is 8.87. The molecule has 0 bridgehead atoms. The van der Waals surface area contributed by atoms with Crippen LogP contribution in [0.4, 0.5) is 0 Å². The number of benzene rings is 2. The Balaban J connectivity index is 1.84. The highest BCUT2D eigenvalue weighted by atomic mass is 32.2. The van der Waals surface area contributed by atoms with Crippen molar-refractivity contribution in [3.63, 3.8) is 0 Å². The van der Waals surface area contributed by atoms with Crippen LogP contribution in [-0.2, 0) is 21.2 Å². The van der Waals surface area contributed by atoms with Crippen LogP contribution in [-0.4, -0.2) is 33.5 Å². The van der Waals surface area contributed by atoms with Gasteiger partial charge in [-0.05, 0) is 61.9 Å². The maximum Gasteiger partial charge on any atom is 0.258 e. The lowest BCUT2D eigenvalue weighted by Crippen LogP contribution is -2.36. The summed E-state index contributed by atoms with van der Waals surface area (Å²) in [5.74, 6) is 0.507. The summed E-state index contributed by atoms with van der Waals surface area (Å²) in [6.45, 7) is 7.88. The molecule has 0 aromatic heterocycles. The van der Waals surface area contributed by atoms with Gasteiger partial charge in [0.2, 0.25) is 10.0 Å². The van der Waals surface area contributed by atoms with E-state index >= 15 is 0 Å². The summed E-state index contributed by atoms with van der Waals surface area (Å²) in [7, 11) is -3.56. The minimum Gasteiger partial charge on any atom is -0.484 e. The summed E-state index contributed by atoms with van der Waals surface area (Å²) in [6, 6.07) is 14.8. The van der Waals surface area contributed by atoms with Crippen LogP contribution >= 0.6 is 0 Å². The predicted molar refractivity (Wildman–Crippen MR) is 119 cm³/mol. The largest absolute Gasteiger partial charge is 0.484 e. The lowest BCUT2D eigenvalue weighted by molar-refractivity contribution is -0.123. The number of hydrogen-bond acceptors (Lipinski definition) is 4. The molecule has 2 N–H and O–H groups in total. The van der Waals surface area contributed by atoms with Gasteiger partial charge in [0.15, 0.2) is 6.61 Å². The number of aryl methyl sites for hydroxylation is 2. The molecule has 0 saturated heterocycles. The van der Waals surface area contributed by atoms with Gasteiger partial charge in [-0.3, -0.25) is 4.79 Å². The fourth-order valence-corrected chi connectivity index (χ4v) is 4.17. The molecular weight excluding hydrogens is 400 g/mol. The Morgan fingerprint density at radius 1 is 1.07 bits per heavy atom. The number of carbonyl (C=O) groups excluding carboxylic acids is 1. The fourth-order valence-electron chi connectivity index (χ4n) is 2.87. The van der Waals surface area contributed by atoms with E-state index in [1.807, 2.05) is 39.0 Å². The van der Waals surface area contributed by atoms with Crippen LogP contribution in [0.2, 0.25) is 0 Å². The first kappa shape index (κ1) is 23.9. The second-order valence-corrected chi connectivity index (χ2v) is 9.72. The lowest BCUT2D eigenvalue weighted by atomic mass is 10.1. The summed E-state index contributed by atoms with van der Waals surface area (Å²) in [5, 5.41) is 2.93. The van der Waals surface area contributed by atoms with E-state index in [1.165, 1.54) is 11.6 Å². The Hall–Kier alpha value is -2.38. The smallest absolute Gasteiger partial charge is 0.258 e. The van der Waals surface area contributed by atoms with Crippen molar-refractivity contribution in [1.29, 1.82) is 0 Å². The van der Waals surface area contributed by atoms with E-state index in [-0.39, 0.29) is 29.4 Å². The van der Waals surface area contributed by atoms with Gasteiger partial charge in [0.05, 0.1) is 4.90 Å². The van der Waals surface area contributed by atoms with Gasteiger partial charge in [-0.1, -0.05) is 44.2 Å². The maximum absolute atomic E-state index is 12.3. The summed E-state index contributed by atoms with van der Waals surface area (Å²) in [4.78, 5) is 12.4. The molecule has 0 radical (unpaired) electrons. The first-order chi connectivity index (χ1) is 14.2. The zero-order valence-corrected chi connectivity index (χ0v) is 19.0. The molecule has 6 nitrogen and oxygen atoms in total. The molecule has 1 amide bonds. The summed E-state index contributed by atoms with van der Waals surface area (Å²) < 4.78 is 32.9. The predicted octanol–water partition coefficient (Wildman–Crippen LogP) is 3.45. The summed E-state index contributed by atoms with van der Waals surface area (Å²) in [6.07, 6.45) is 1.73. The highest BCUT2D eigenvalue weighted by Gasteiger charge is 2.16. The second kappa shape index (κ2) is 11.1. The Morgan fingerprint density at radius 3 is 2.40 bits per heavy atom. The van der Waals surface area contributed by atoms with Crippen LogP contribution in [0.1, 0.15) is 38.3 Å². The third kappa shape index (κ3) is 7.80. The van der Waals surface area contributed by atoms with Gasteiger partial charge in [-0.2, -0.15) is 0 Å². The quantitative estimate of drug-likeness (QED) is 0.570. The fraction of sp³-hybridized carbons (Fsp3) is 0.435. The van der Waals surface area contributed by atoms with Crippen molar-refractivity contribution in [1.82, 2.24) is 10.0 Å². The van der Waals surface area contributed by atoms with Crippen molar-refractivity contribution in [2.75, 3.05) is 13.2 Å². The minimum absolute atomic E-state index is 0.0296. The molecule has 0 saturated carbocycles. The van der Waals surface area contributed by atoms with E-state index in [0.717, 1.165) is 12.8 Å². The Morgan fingerprint density at radius 2 is 1.77 bits per heavy atom. The van der Waals surface area contributed by atoms with Crippen LogP contribution in [0, 0.1) is 12.8 Å². The average molecular weight is 433 g/mol. The van der Waals surface area contributed by atoms with Crippen molar-refractivity contribution >= 4 is 15.9 Å². The Bertz CT molecular complexity index is 927. The van der Waals surface area contributed by atoms with Crippen molar-refractivity contribution in [2.24, 2.45) is 5.92 Å². The van der Waals surface area contributed by atoms with Crippen molar-refractivity contribution in [3.05, 3.63) is 59.7 Å². The van der Waals surface area contributed by atoms with Gasteiger partial charge in [0.1, 0.15) is 5.75 Å². The molecule has 1 atom stereocenters. The molecule has 0 aliphatic rings. The zero-order valence-electron chi connectivity index (χ0n) is 18.1. The van der Waals surface area contributed by atoms with Crippen LogP contribution in [0.5, 0.6) is 5.75 Å². The van der Waals surface area contributed by atoms with E-state index in [4.69, 9.17) is 4.74 Å². The number of amides is 1. The molecule has 0 spiro atoms. The second-order valence-electron chi connectivity index (χ2n) is 7.95. The monoisotopic (exact) mass is 432 g/mol. The van der Waals surface area contributed by atoms with Crippen LogP contribution in [0.3, 0.4) is 0 Å². The topological polar surface area (TPSA) is 84.5 Å². The standard InChI is InChI=1S/C23H32N2O4S/c1-17(2)15-24-30(27,28)21-12-13-22(18(3)14-21)29-16-23(26)25-19(4)10-11-20-8-6-5-7-9-20/h5-9,12-14,17,19,24H,10-11,15-16H2,1-4H3,(H,25,26)/t19-/m0/s1. The maximum atomic E-state index is 12.3. The molecular formula is C23H32N2O4S. The number of sulfonamides is 1. The molecule has 164 valence electrons. The number of ether oxygens (including phenoxy) is 1. The molecule has 0 aliphatic heterocycles. The molecule has 2 rings (SSSR count). The van der Waals surface area contributed by atoms with E-state index in [1.54, 1.807) is 19.1 Å². The zero-order chi connectivity index (χ0) is 22.1. The third-order valence-corrected chi connectivity index (χ3v) is 6.03. The van der Waals surface area contributed by atoms with Crippen LogP contribution in [0.25, 0.3) is 0 Å². The first-order valence-electron chi connectivity index (χ1n) is 10.2. The van der Waals surface area contributed by atoms with Crippen LogP contribution in [0.15, 0.2) is 53.4 Å². The van der Waals surface area contributed by atoms with E-state index in [2.05, 4.69) is 22.2 Å². The third-order valence-electron chi connectivity index (χ3n) is 4.61. The summed E-state index contributed by atoms with van der Waals surface area (Å²) in [5.41, 5.74) is 1.90. The van der Waals surface area contributed by atoms with Crippen molar-refractivity contribution in [3.8, 4) is 5.75 Å². The summed E-state index contributed by atoms with van der Waals surface area (Å²) >= 11 is 0. The van der Waals surface area contributed by atoms with E-state index < -0.39 is 10.0 Å². The molecule has 0 heterocycles. The van der Waals surface area contributed by atoms with Crippen molar-refractivity contribution < 1.29 is 17.9 Å². The van der Waals surface area contributed by atoms with E-state index in [0.29, 0.717) is 17.9 Å².